The van der Waals surface area contributed by atoms with Gasteiger partial charge >= 0.3 is 0 Å². The highest BCUT2D eigenvalue weighted by atomic mass is 16.5. The van der Waals surface area contributed by atoms with Crippen LogP contribution in [0.15, 0.2) is 61.2 Å². The van der Waals surface area contributed by atoms with E-state index in [1.807, 2.05) is 56.1 Å². The Morgan fingerprint density at radius 1 is 1.04 bits per heavy atom. The summed E-state index contributed by atoms with van der Waals surface area (Å²) in [5.74, 6) is 0.741. The number of hydrogen-bond donors (Lipinski definition) is 1. The number of imidazole rings is 1. The normalized spacial score (nSPS) is 11.1. The second-order valence-corrected chi connectivity index (χ2v) is 5.79. The van der Waals surface area contributed by atoms with Crippen molar-refractivity contribution in [2.75, 3.05) is 13.2 Å². The van der Waals surface area contributed by atoms with Crippen molar-refractivity contribution >= 4 is 5.65 Å². The lowest BCUT2D eigenvalue weighted by molar-refractivity contribution is 0.201. The smallest absolute Gasteiger partial charge is 0.137 e. The predicted molar refractivity (Wildman–Crippen MR) is 95.4 cm³/mol. The second kappa shape index (κ2) is 6.41. The van der Waals surface area contributed by atoms with Crippen molar-refractivity contribution in [3.05, 3.63) is 61.2 Å². The quantitative estimate of drug-likeness (QED) is 0.609. The van der Waals surface area contributed by atoms with Crippen LogP contribution in [0, 0.1) is 0 Å². The highest BCUT2D eigenvalue weighted by Gasteiger charge is 2.08. The summed E-state index contributed by atoms with van der Waals surface area (Å²) in [5, 5.41) is 13.0. The number of nitrogens with zero attached hydrogens (tertiary/aromatic N) is 4. The van der Waals surface area contributed by atoms with Crippen LogP contribution >= 0.6 is 0 Å². The molecule has 4 aromatic rings. The topological polar surface area (TPSA) is 64.6 Å². The second-order valence-electron chi connectivity index (χ2n) is 5.79. The zero-order valence-electron chi connectivity index (χ0n) is 13.8. The summed E-state index contributed by atoms with van der Waals surface area (Å²) in [6.45, 7) is 0.306. The van der Waals surface area contributed by atoms with Gasteiger partial charge < -0.3 is 9.84 Å². The van der Waals surface area contributed by atoms with Crippen LogP contribution in [0.4, 0.5) is 0 Å². The molecule has 6 heteroatoms. The van der Waals surface area contributed by atoms with Crippen LogP contribution in [0.5, 0.6) is 5.75 Å². The first-order valence-corrected chi connectivity index (χ1v) is 8.05. The zero-order valence-corrected chi connectivity index (χ0v) is 13.8. The first-order chi connectivity index (χ1) is 12.2. The highest BCUT2D eigenvalue weighted by Crippen LogP contribution is 2.26. The van der Waals surface area contributed by atoms with E-state index in [4.69, 9.17) is 9.84 Å². The van der Waals surface area contributed by atoms with Crippen molar-refractivity contribution in [1.82, 2.24) is 19.2 Å². The molecule has 0 spiro atoms. The summed E-state index contributed by atoms with van der Waals surface area (Å²) in [4.78, 5) is 4.53. The van der Waals surface area contributed by atoms with Gasteiger partial charge in [0.25, 0.3) is 0 Å². The third-order valence-corrected chi connectivity index (χ3v) is 4.06. The molecule has 1 aromatic carbocycles. The van der Waals surface area contributed by atoms with Crippen LogP contribution < -0.4 is 4.74 Å². The molecule has 0 bridgehead atoms. The summed E-state index contributed by atoms with van der Waals surface area (Å²) in [6, 6.07) is 11.9. The number of benzene rings is 1. The van der Waals surface area contributed by atoms with Gasteiger partial charge in [-0.15, -0.1) is 0 Å². The average Bonchev–Trinajstić information content (AvgIpc) is 3.26. The van der Waals surface area contributed by atoms with Gasteiger partial charge in [-0.05, 0) is 42.0 Å². The monoisotopic (exact) mass is 334 g/mol. The van der Waals surface area contributed by atoms with Crippen LogP contribution in [-0.2, 0) is 7.05 Å². The Kier molecular flexibility index (Phi) is 3.95. The number of ether oxygens (including phenoxy) is 1. The van der Waals surface area contributed by atoms with E-state index in [2.05, 4.69) is 26.6 Å². The van der Waals surface area contributed by atoms with Gasteiger partial charge in [0.15, 0.2) is 0 Å². The van der Waals surface area contributed by atoms with E-state index >= 15 is 0 Å². The molecule has 0 aliphatic rings. The molecule has 25 heavy (non-hydrogen) atoms. The number of rotatable bonds is 5. The van der Waals surface area contributed by atoms with Gasteiger partial charge in [0.05, 0.1) is 24.7 Å². The van der Waals surface area contributed by atoms with Crippen LogP contribution in [0.1, 0.15) is 0 Å². The number of aromatic nitrogens is 4. The van der Waals surface area contributed by atoms with E-state index in [0.717, 1.165) is 33.8 Å². The Morgan fingerprint density at radius 3 is 2.60 bits per heavy atom. The summed E-state index contributed by atoms with van der Waals surface area (Å²) in [6.07, 6.45) is 7.73. The van der Waals surface area contributed by atoms with E-state index in [0.29, 0.717) is 6.61 Å². The van der Waals surface area contributed by atoms with Crippen molar-refractivity contribution in [3.63, 3.8) is 0 Å². The molecule has 126 valence electrons. The van der Waals surface area contributed by atoms with Crippen LogP contribution in [-0.4, -0.2) is 37.5 Å². The first kappa shape index (κ1) is 15.4. The number of aryl methyl sites for hydroxylation is 1. The lowest BCUT2D eigenvalue weighted by Crippen LogP contribution is -2.01. The maximum absolute atomic E-state index is 8.81. The molecule has 0 unspecified atom stereocenters. The fourth-order valence-corrected chi connectivity index (χ4v) is 2.83. The molecule has 4 rings (SSSR count). The fraction of sp³-hybridized carbons (Fsp3) is 0.158. The van der Waals surface area contributed by atoms with Gasteiger partial charge in [0.1, 0.15) is 18.0 Å². The van der Waals surface area contributed by atoms with E-state index in [-0.39, 0.29) is 6.61 Å². The third-order valence-electron chi connectivity index (χ3n) is 4.06. The van der Waals surface area contributed by atoms with E-state index in [1.54, 1.807) is 4.68 Å². The molecule has 3 aromatic heterocycles. The third kappa shape index (κ3) is 2.99. The number of aliphatic hydroxyl groups is 1. The maximum Gasteiger partial charge on any atom is 0.137 e. The molecule has 1 N–H and O–H groups in total. The van der Waals surface area contributed by atoms with Crippen molar-refractivity contribution < 1.29 is 9.84 Å². The molecule has 0 saturated heterocycles. The number of aliphatic hydroxyl groups excluding tert-OH is 1. The summed E-state index contributed by atoms with van der Waals surface area (Å²) in [7, 11) is 1.91. The number of fused-ring (bicyclic) bond motifs is 1. The lowest BCUT2D eigenvalue weighted by Gasteiger charge is -2.06. The molecule has 6 nitrogen and oxygen atoms in total. The molecule has 0 fully saturated rings. The lowest BCUT2D eigenvalue weighted by atomic mass is 10.1. The Bertz CT molecular complexity index is 1000. The highest BCUT2D eigenvalue weighted by molar-refractivity contribution is 5.70. The van der Waals surface area contributed by atoms with Crippen LogP contribution in [0.25, 0.3) is 28.0 Å². The van der Waals surface area contributed by atoms with E-state index in [9.17, 15) is 0 Å². The Labute approximate surface area is 144 Å². The van der Waals surface area contributed by atoms with Gasteiger partial charge in [-0.3, -0.25) is 9.08 Å². The van der Waals surface area contributed by atoms with Crippen molar-refractivity contribution in [2.45, 2.75) is 0 Å². The van der Waals surface area contributed by atoms with Crippen molar-refractivity contribution in [1.29, 1.82) is 0 Å². The zero-order chi connectivity index (χ0) is 17.2. The van der Waals surface area contributed by atoms with Gasteiger partial charge in [-0.2, -0.15) is 5.10 Å². The molecular formula is C19H18N4O2. The van der Waals surface area contributed by atoms with Gasteiger partial charge in [-0.1, -0.05) is 0 Å². The van der Waals surface area contributed by atoms with Crippen molar-refractivity contribution in [2.24, 2.45) is 7.05 Å². The predicted octanol–water partition coefficient (Wildman–Crippen LogP) is 2.77. The minimum absolute atomic E-state index is 0.00821. The van der Waals surface area contributed by atoms with Crippen molar-refractivity contribution in [3.8, 4) is 28.1 Å². The average molecular weight is 334 g/mol. The van der Waals surface area contributed by atoms with Gasteiger partial charge in [0.2, 0.25) is 0 Å². The van der Waals surface area contributed by atoms with E-state index in [1.165, 1.54) is 0 Å². The summed E-state index contributed by atoms with van der Waals surface area (Å²) >= 11 is 0. The van der Waals surface area contributed by atoms with Gasteiger partial charge in [0, 0.05) is 30.6 Å². The number of pyridine rings is 1. The Morgan fingerprint density at radius 2 is 1.88 bits per heavy atom. The fourth-order valence-electron chi connectivity index (χ4n) is 2.83. The standard InChI is InChI=1S/C19H18N4O2/c1-22-13-16(11-21-22)15-6-7-23-18(12-20-19(23)10-15)14-2-4-17(5-3-14)25-9-8-24/h2-7,10-13,24H,8-9H2,1H3. The summed E-state index contributed by atoms with van der Waals surface area (Å²) in [5.41, 5.74) is 5.11. The molecule has 0 atom stereocenters. The maximum atomic E-state index is 8.81. The molecule has 0 amide bonds. The first-order valence-electron chi connectivity index (χ1n) is 8.05. The molecule has 0 saturated carbocycles. The van der Waals surface area contributed by atoms with Gasteiger partial charge in [-0.25, -0.2) is 4.98 Å². The van der Waals surface area contributed by atoms with Crippen LogP contribution in [0.2, 0.25) is 0 Å². The molecule has 0 aliphatic heterocycles. The van der Waals surface area contributed by atoms with E-state index < -0.39 is 0 Å². The molecular weight excluding hydrogens is 316 g/mol. The Hall–Kier alpha value is -3.12. The minimum atomic E-state index is 0.00821. The van der Waals surface area contributed by atoms with Crippen LogP contribution in [0.3, 0.4) is 0 Å². The SMILES string of the molecule is Cn1cc(-c2ccn3c(-c4ccc(OCCO)cc4)cnc3c2)cn1. The molecule has 3 heterocycles. The largest absolute Gasteiger partial charge is 0.491 e. The Balaban J connectivity index is 1.67. The number of hydrogen-bond acceptors (Lipinski definition) is 4. The molecule has 0 aliphatic carbocycles. The molecule has 0 radical (unpaired) electrons. The minimum Gasteiger partial charge on any atom is -0.491 e. The summed E-state index contributed by atoms with van der Waals surface area (Å²) < 4.78 is 9.25.